The summed E-state index contributed by atoms with van der Waals surface area (Å²) in [6.45, 7) is 9.63. The zero-order chi connectivity index (χ0) is 12.7. The van der Waals surface area contributed by atoms with Crippen molar-refractivity contribution in [1.29, 1.82) is 0 Å². The Labute approximate surface area is 105 Å². The molecule has 0 aliphatic carbocycles. The molecule has 0 aromatic heterocycles. The highest BCUT2D eigenvalue weighted by Crippen LogP contribution is 2.13. The average Bonchev–Trinajstić information content (AvgIpc) is 2.27. The van der Waals surface area contributed by atoms with E-state index in [1.165, 1.54) is 0 Å². The van der Waals surface area contributed by atoms with Crippen LogP contribution in [-0.2, 0) is 0 Å². The summed E-state index contributed by atoms with van der Waals surface area (Å²) in [6, 6.07) is 10.1. The second-order valence-electron chi connectivity index (χ2n) is 5.47. The average molecular weight is 235 g/mol. The van der Waals surface area contributed by atoms with E-state index in [0.29, 0.717) is 0 Å². The Hall–Kier alpha value is -1.02. The Balaban J connectivity index is 2.49. The minimum atomic E-state index is 0.145. The first-order chi connectivity index (χ1) is 8.01. The molecule has 0 heterocycles. The van der Waals surface area contributed by atoms with Gasteiger partial charge in [0.05, 0.1) is 0 Å². The molecule has 1 atom stereocenters. The number of nitrogens with one attached hydrogen (secondary N) is 1. The number of hydrogen-bond donors (Lipinski definition) is 1. The SMILES string of the molecule is CCCC(CNC(C)(C)C)Oc1ccccc1. The highest BCUT2D eigenvalue weighted by atomic mass is 16.5. The Bertz CT molecular complexity index is 302. The van der Waals surface area contributed by atoms with Crippen molar-refractivity contribution in [2.24, 2.45) is 0 Å². The van der Waals surface area contributed by atoms with Gasteiger partial charge in [0.2, 0.25) is 0 Å². The van der Waals surface area contributed by atoms with Crippen molar-refractivity contribution in [2.45, 2.75) is 52.2 Å². The van der Waals surface area contributed by atoms with Crippen LogP contribution in [0.5, 0.6) is 5.75 Å². The van der Waals surface area contributed by atoms with Gasteiger partial charge in [0.1, 0.15) is 11.9 Å². The topological polar surface area (TPSA) is 21.3 Å². The Kier molecular flexibility index (Phi) is 5.49. The first-order valence-corrected chi connectivity index (χ1v) is 6.48. The number of rotatable bonds is 6. The molecule has 1 aromatic rings. The molecule has 0 saturated carbocycles. The normalized spacial score (nSPS) is 13.4. The Morgan fingerprint density at radius 2 is 1.82 bits per heavy atom. The molecular formula is C15H25NO. The molecule has 0 radical (unpaired) electrons. The van der Waals surface area contributed by atoms with Crippen molar-refractivity contribution in [1.82, 2.24) is 5.32 Å². The minimum absolute atomic E-state index is 0.145. The quantitative estimate of drug-likeness (QED) is 0.813. The van der Waals surface area contributed by atoms with Crippen LogP contribution in [0.25, 0.3) is 0 Å². The van der Waals surface area contributed by atoms with Crippen LogP contribution < -0.4 is 10.1 Å². The van der Waals surface area contributed by atoms with Gasteiger partial charge >= 0.3 is 0 Å². The van der Waals surface area contributed by atoms with Crippen LogP contribution in [0.4, 0.5) is 0 Å². The van der Waals surface area contributed by atoms with E-state index in [9.17, 15) is 0 Å². The van der Waals surface area contributed by atoms with Crippen molar-refractivity contribution in [3.8, 4) is 5.75 Å². The summed E-state index contributed by atoms with van der Waals surface area (Å²) in [4.78, 5) is 0. The smallest absolute Gasteiger partial charge is 0.119 e. The zero-order valence-electron chi connectivity index (χ0n) is 11.5. The maximum Gasteiger partial charge on any atom is 0.119 e. The van der Waals surface area contributed by atoms with Gasteiger partial charge < -0.3 is 10.1 Å². The largest absolute Gasteiger partial charge is 0.489 e. The lowest BCUT2D eigenvalue weighted by atomic mass is 10.1. The third kappa shape index (κ3) is 6.32. The predicted octanol–water partition coefficient (Wildman–Crippen LogP) is 3.62. The van der Waals surface area contributed by atoms with Crippen molar-refractivity contribution < 1.29 is 4.74 Å². The molecule has 0 fully saturated rings. The fourth-order valence-corrected chi connectivity index (χ4v) is 1.64. The molecule has 0 aliphatic heterocycles. The molecule has 1 rings (SSSR count). The van der Waals surface area contributed by atoms with E-state index in [4.69, 9.17) is 4.74 Å². The lowest BCUT2D eigenvalue weighted by Gasteiger charge is -2.25. The van der Waals surface area contributed by atoms with Crippen LogP contribution in [0.1, 0.15) is 40.5 Å². The van der Waals surface area contributed by atoms with Gasteiger partial charge in [-0.1, -0.05) is 31.5 Å². The van der Waals surface area contributed by atoms with Crippen LogP contribution in [0.2, 0.25) is 0 Å². The van der Waals surface area contributed by atoms with E-state index >= 15 is 0 Å². The van der Waals surface area contributed by atoms with E-state index < -0.39 is 0 Å². The second-order valence-corrected chi connectivity index (χ2v) is 5.47. The molecule has 0 aliphatic rings. The highest BCUT2D eigenvalue weighted by Gasteiger charge is 2.14. The molecule has 1 aromatic carbocycles. The molecule has 0 saturated heterocycles. The van der Waals surface area contributed by atoms with E-state index in [1.807, 2.05) is 30.3 Å². The molecular weight excluding hydrogens is 210 g/mol. The molecule has 1 unspecified atom stereocenters. The Morgan fingerprint density at radius 1 is 1.18 bits per heavy atom. The summed E-state index contributed by atoms with van der Waals surface area (Å²) in [6.07, 6.45) is 2.48. The zero-order valence-corrected chi connectivity index (χ0v) is 11.5. The van der Waals surface area contributed by atoms with Gasteiger partial charge in [0.15, 0.2) is 0 Å². The summed E-state index contributed by atoms with van der Waals surface area (Å²) in [5.74, 6) is 0.960. The fraction of sp³-hybridized carbons (Fsp3) is 0.600. The first kappa shape index (κ1) is 14.0. The fourth-order valence-electron chi connectivity index (χ4n) is 1.64. The van der Waals surface area contributed by atoms with Crippen LogP contribution in [-0.4, -0.2) is 18.2 Å². The van der Waals surface area contributed by atoms with Crippen molar-refractivity contribution in [2.75, 3.05) is 6.54 Å². The van der Waals surface area contributed by atoms with Crippen molar-refractivity contribution in [3.05, 3.63) is 30.3 Å². The van der Waals surface area contributed by atoms with Gasteiger partial charge in [-0.3, -0.25) is 0 Å². The van der Waals surface area contributed by atoms with Gasteiger partial charge in [0.25, 0.3) is 0 Å². The molecule has 96 valence electrons. The summed E-state index contributed by atoms with van der Waals surface area (Å²) in [5.41, 5.74) is 0.145. The van der Waals surface area contributed by atoms with Gasteiger partial charge in [0, 0.05) is 12.1 Å². The summed E-state index contributed by atoms with van der Waals surface area (Å²) >= 11 is 0. The second kappa shape index (κ2) is 6.65. The first-order valence-electron chi connectivity index (χ1n) is 6.48. The lowest BCUT2D eigenvalue weighted by Crippen LogP contribution is -2.42. The van der Waals surface area contributed by atoms with Crippen LogP contribution in [0, 0.1) is 0 Å². The summed E-state index contributed by atoms with van der Waals surface area (Å²) < 4.78 is 5.99. The van der Waals surface area contributed by atoms with E-state index in [0.717, 1.165) is 25.1 Å². The van der Waals surface area contributed by atoms with Crippen molar-refractivity contribution >= 4 is 0 Å². The van der Waals surface area contributed by atoms with Crippen LogP contribution >= 0.6 is 0 Å². The minimum Gasteiger partial charge on any atom is -0.489 e. The predicted molar refractivity (Wildman–Crippen MR) is 73.5 cm³/mol. The summed E-state index contributed by atoms with van der Waals surface area (Å²) in [7, 11) is 0. The lowest BCUT2D eigenvalue weighted by molar-refractivity contribution is 0.175. The Morgan fingerprint density at radius 3 is 2.35 bits per heavy atom. The standard InChI is InChI=1S/C15H25NO/c1-5-9-14(12-16-15(2,3)4)17-13-10-7-6-8-11-13/h6-8,10-11,14,16H,5,9,12H2,1-4H3. The van der Waals surface area contributed by atoms with Crippen LogP contribution in [0.3, 0.4) is 0 Å². The van der Waals surface area contributed by atoms with Gasteiger partial charge in [-0.05, 0) is 39.3 Å². The molecule has 0 amide bonds. The number of para-hydroxylation sites is 1. The molecule has 2 heteroatoms. The van der Waals surface area contributed by atoms with Gasteiger partial charge in [-0.2, -0.15) is 0 Å². The maximum atomic E-state index is 5.99. The molecule has 1 N–H and O–H groups in total. The summed E-state index contributed by atoms with van der Waals surface area (Å²) in [5, 5.41) is 3.50. The maximum absolute atomic E-state index is 5.99. The van der Waals surface area contributed by atoms with E-state index in [2.05, 4.69) is 33.0 Å². The van der Waals surface area contributed by atoms with Gasteiger partial charge in [-0.15, -0.1) is 0 Å². The van der Waals surface area contributed by atoms with Gasteiger partial charge in [-0.25, -0.2) is 0 Å². The van der Waals surface area contributed by atoms with E-state index in [1.54, 1.807) is 0 Å². The van der Waals surface area contributed by atoms with Crippen LogP contribution in [0.15, 0.2) is 30.3 Å². The number of ether oxygens (including phenoxy) is 1. The molecule has 17 heavy (non-hydrogen) atoms. The number of benzene rings is 1. The molecule has 0 bridgehead atoms. The third-order valence-corrected chi connectivity index (χ3v) is 2.52. The number of hydrogen-bond acceptors (Lipinski definition) is 2. The molecule has 0 spiro atoms. The molecule has 2 nitrogen and oxygen atoms in total. The third-order valence-electron chi connectivity index (χ3n) is 2.52. The highest BCUT2D eigenvalue weighted by molar-refractivity contribution is 5.21. The van der Waals surface area contributed by atoms with Crippen molar-refractivity contribution in [3.63, 3.8) is 0 Å². The monoisotopic (exact) mass is 235 g/mol. The van der Waals surface area contributed by atoms with E-state index in [-0.39, 0.29) is 11.6 Å².